The molecular formula is C51H32N2O. The molecule has 0 amide bonds. The van der Waals surface area contributed by atoms with Crippen LogP contribution < -0.4 is 4.90 Å². The van der Waals surface area contributed by atoms with Crippen LogP contribution >= 0.6 is 0 Å². The average Bonchev–Trinajstić information content (AvgIpc) is 3.95. The Balaban J connectivity index is 1.23. The van der Waals surface area contributed by atoms with Crippen LogP contribution in [-0.2, 0) is 5.41 Å². The zero-order valence-corrected chi connectivity index (χ0v) is 29.3. The van der Waals surface area contributed by atoms with Crippen molar-refractivity contribution in [2.75, 3.05) is 4.90 Å². The fourth-order valence-electron chi connectivity index (χ4n) is 9.78. The molecule has 2 aromatic heterocycles. The zero-order valence-electron chi connectivity index (χ0n) is 29.3. The first-order valence-corrected chi connectivity index (χ1v) is 18.6. The summed E-state index contributed by atoms with van der Waals surface area (Å²) in [7, 11) is 0. The van der Waals surface area contributed by atoms with Gasteiger partial charge in [0.25, 0.3) is 0 Å². The van der Waals surface area contributed by atoms with Crippen molar-refractivity contribution in [1.29, 1.82) is 0 Å². The summed E-state index contributed by atoms with van der Waals surface area (Å²) in [4.78, 5) is 2.40. The van der Waals surface area contributed by atoms with Crippen LogP contribution in [0.15, 0.2) is 199 Å². The number of anilines is 3. The number of aromatic nitrogens is 1. The standard InChI is InChI=1S/C51H32N2O/c1-3-17-33(18-4-1)52(34-19-5-2-6-20-34)45-31-16-27-41-49(45)48-38-24-10-14-32-46(38)54-50(48)51(41)39-25-11-7-23-37(39)47-40(51)26-15-30-44(47)53-42-28-12-8-21-35(42)36-22-9-13-29-43(36)53/h1-32H. The van der Waals surface area contributed by atoms with Crippen LogP contribution in [0.25, 0.3) is 60.7 Å². The number of para-hydroxylation sites is 5. The van der Waals surface area contributed by atoms with Gasteiger partial charge in [0, 0.05) is 44.2 Å². The molecule has 12 rings (SSSR count). The van der Waals surface area contributed by atoms with Crippen LogP contribution in [0.4, 0.5) is 17.1 Å². The lowest BCUT2D eigenvalue weighted by Crippen LogP contribution is -2.25. The Bertz CT molecular complexity index is 3020. The van der Waals surface area contributed by atoms with E-state index in [0.717, 1.165) is 39.4 Å². The summed E-state index contributed by atoms with van der Waals surface area (Å²) < 4.78 is 9.71. The van der Waals surface area contributed by atoms with Crippen molar-refractivity contribution in [2.45, 2.75) is 5.41 Å². The first-order chi connectivity index (χ1) is 26.8. The van der Waals surface area contributed by atoms with Gasteiger partial charge in [-0.25, -0.2) is 0 Å². The Morgan fingerprint density at radius 3 is 1.65 bits per heavy atom. The van der Waals surface area contributed by atoms with Gasteiger partial charge in [-0.1, -0.05) is 140 Å². The highest BCUT2D eigenvalue weighted by Crippen LogP contribution is 2.67. The van der Waals surface area contributed by atoms with E-state index in [2.05, 4.69) is 204 Å². The second-order valence-corrected chi connectivity index (χ2v) is 14.4. The summed E-state index contributed by atoms with van der Waals surface area (Å²) in [6.45, 7) is 0. The molecule has 2 aliphatic rings. The van der Waals surface area contributed by atoms with Gasteiger partial charge in [0.2, 0.25) is 0 Å². The van der Waals surface area contributed by atoms with Crippen LogP contribution in [0.5, 0.6) is 0 Å². The van der Waals surface area contributed by atoms with E-state index >= 15 is 0 Å². The third-order valence-electron chi connectivity index (χ3n) is 11.8. The third-order valence-corrected chi connectivity index (χ3v) is 11.8. The molecule has 252 valence electrons. The molecule has 2 heterocycles. The average molecular weight is 689 g/mol. The molecule has 3 nitrogen and oxygen atoms in total. The summed E-state index contributed by atoms with van der Waals surface area (Å²) in [6, 6.07) is 70.3. The van der Waals surface area contributed by atoms with Gasteiger partial charge in [-0.05, 0) is 76.9 Å². The second kappa shape index (κ2) is 11.0. The lowest BCUT2D eigenvalue weighted by molar-refractivity contribution is 0.506. The summed E-state index contributed by atoms with van der Waals surface area (Å²) in [5.41, 5.74) is 15.7. The van der Waals surface area contributed by atoms with Crippen molar-refractivity contribution in [3.05, 3.63) is 217 Å². The largest absolute Gasteiger partial charge is 0.459 e. The predicted molar refractivity (Wildman–Crippen MR) is 222 cm³/mol. The van der Waals surface area contributed by atoms with E-state index in [1.54, 1.807) is 0 Å². The van der Waals surface area contributed by atoms with Crippen molar-refractivity contribution >= 4 is 49.8 Å². The maximum absolute atomic E-state index is 7.24. The molecule has 1 unspecified atom stereocenters. The highest BCUT2D eigenvalue weighted by Gasteiger charge is 2.56. The molecule has 0 saturated carbocycles. The van der Waals surface area contributed by atoms with Gasteiger partial charge in [-0.15, -0.1) is 0 Å². The predicted octanol–water partition coefficient (Wildman–Crippen LogP) is 13.3. The quantitative estimate of drug-likeness (QED) is 0.184. The van der Waals surface area contributed by atoms with Gasteiger partial charge in [-0.2, -0.15) is 0 Å². The number of nitrogens with zero attached hydrogens (tertiary/aromatic N) is 2. The Morgan fingerprint density at radius 1 is 0.407 bits per heavy atom. The van der Waals surface area contributed by atoms with E-state index in [-0.39, 0.29) is 0 Å². The van der Waals surface area contributed by atoms with Crippen molar-refractivity contribution < 1.29 is 4.42 Å². The van der Waals surface area contributed by atoms with Crippen LogP contribution in [0.1, 0.15) is 22.5 Å². The van der Waals surface area contributed by atoms with E-state index in [4.69, 9.17) is 4.42 Å². The first kappa shape index (κ1) is 29.5. The van der Waals surface area contributed by atoms with Crippen LogP contribution in [0.3, 0.4) is 0 Å². The zero-order chi connectivity index (χ0) is 35.4. The highest BCUT2D eigenvalue weighted by atomic mass is 16.3. The molecule has 1 spiro atoms. The minimum atomic E-state index is -0.681. The van der Waals surface area contributed by atoms with Crippen LogP contribution in [0, 0.1) is 0 Å². The van der Waals surface area contributed by atoms with Crippen LogP contribution in [-0.4, -0.2) is 4.57 Å². The van der Waals surface area contributed by atoms with Crippen molar-refractivity contribution in [3.8, 4) is 27.9 Å². The molecule has 0 fully saturated rings. The number of benzene rings is 8. The maximum Gasteiger partial charge on any atom is 0.135 e. The molecule has 0 aliphatic heterocycles. The molecule has 10 aromatic rings. The number of rotatable bonds is 4. The molecular weight excluding hydrogens is 657 g/mol. The van der Waals surface area contributed by atoms with Crippen molar-refractivity contribution in [3.63, 3.8) is 0 Å². The first-order valence-electron chi connectivity index (χ1n) is 18.6. The number of hydrogen-bond acceptors (Lipinski definition) is 2. The number of fused-ring (bicyclic) bond motifs is 15. The van der Waals surface area contributed by atoms with E-state index in [9.17, 15) is 0 Å². The lowest BCUT2D eigenvalue weighted by Gasteiger charge is -2.31. The molecule has 2 aliphatic carbocycles. The van der Waals surface area contributed by atoms with Gasteiger partial charge in [0.1, 0.15) is 16.8 Å². The number of furan rings is 1. The minimum Gasteiger partial charge on any atom is -0.459 e. The molecule has 3 heteroatoms. The van der Waals surface area contributed by atoms with Gasteiger partial charge in [0.15, 0.2) is 0 Å². The second-order valence-electron chi connectivity index (χ2n) is 14.4. The number of hydrogen-bond donors (Lipinski definition) is 0. The summed E-state index contributed by atoms with van der Waals surface area (Å²) in [5, 5.41) is 3.64. The van der Waals surface area contributed by atoms with Gasteiger partial charge < -0.3 is 13.9 Å². The Labute approximate surface area is 312 Å². The Morgan fingerprint density at radius 2 is 0.944 bits per heavy atom. The molecule has 8 aromatic carbocycles. The SMILES string of the molecule is c1ccc(N(c2ccccc2)c2cccc3c2-c2c(oc4ccccc24)C32c3ccccc3-c3c(-n4c5ccccc5c5ccccc54)cccc32)cc1. The lowest BCUT2D eigenvalue weighted by atomic mass is 9.73. The van der Waals surface area contributed by atoms with Crippen molar-refractivity contribution in [1.82, 2.24) is 4.57 Å². The molecule has 0 saturated heterocycles. The Kier molecular flexibility index (Phi) is 5.98. The molecule has 54 heavy (non-hydrogen) atoms. The summed E-state index contributed by atoms with van der Waals surface area (Å²) >= 11 is 0. The van der Waals surface area contributed by atoms with Crippen molar-refractivity contribution in [2.24, 2.45) is 0 Å². The van der Waals surface area contributed by atoms with Gasteiger partial charge >= 0.3 is 0 Å². The maximum atomic E-state index is 7.24. The van der Waals surface area contributed by atoms with E-state index in [1.165, 1.54) is 60.9 Å². The highest BCUT2D eigenvalue weighted by molar-refractivity contribution is 6.12. The van der Waals surface area contributed by atoms with E-state index < -0.39 is 5.41 Å². The minimum absolute atomic E-state index is 0.681. The Hall–Kier alpha value is -7.10. The van der Waals surface area contributed by atoms with Gasteiger partial charge in [-0.3, -0.25) is 0 Å². The molecule has 0 radical (unpaired) electrons. The monoisotopic (exact) mass is 688 g/mol. The molecule has 0 bridgehead atoms. The van der Waals surface area contributed by atoms with Gasteiger partial charge in [0.05, 0.1) is 22.4 Å². The smallest absolute Gasteiger partial charge is 0.135 e. The topological polar surface area (TPSA) is 21.3 Å². The van der Waals surface area contributed by atoms with E-state index in [1.807, 2.05) is 0 Å². The summed E-state index contributed by atoms with van der Waals surface area (Å²) in [6.07, 6.45) is 0. The fraction of sp³-hybridized carbons (Fsp3) is 0.0196. The third kappa shape index (κ3) is 3.70. The normalized spacial score (nSPS) is 15.1. The molecule has 0 N–H and O–H groups in total. The summed E-state index contributed by atoms with van der Waals surface area (Å²) in [5.74, 6) is 0.984. The van der Waals surface area contributed by atoms with Crippen LogP contribution in [0.2, 0.25) is 0 Å². The fourth-order valence-corrected chi connectivity index (χ4v) is 9.78. The molecule has 1 atom stereocenters. The van der Waals surface area contributed by atoms with E-state index in [0.29, 0.717) is 0 Å².